The first-order chi connectivity index (χ1) is 20.3. The third-order valence-corrected chi connectivity index (χ3v) is 18.0. The zero-order valence-corrected chi connectivity index (χ0v) is 32.2. The molecule has 0 amide bonds. The van der Waals surface area contributed by atoms with Gasteiger partial charge in [0.2, 0.25) is 0 Å². The van der Waals surface area contributed by atoms with E-state index in [-0.39, 0.29) is 35.6 Å². The second kappa shape index (κ2) is 13.4. The minimum Gasteiger partial charge on any atom is -1.00 e. The molecule has 0 heterocycles. The molecule has 0 N–H and O–H groups in total. The first-order valence-corrected chi connectivity index (χ1v) is 19.6. The van der Waals surface area contributed by atoms with E-state index < -0.39 is 21.3 Å². The third-order valence-electron chi connectivity index (χ3n) is 9.61. The number of halogens is 2. The van der Waals surface area contributed by atoms with Gasteiger partial charge in [-0.2, -0.15) is 0 Å². The molecule has 6 rings (SSSR count). The molecular weight excluding hydrogens is 667 g/mol. The van der Waals surface area contributed by atoms with E-state index >= 15 is 0 Å². The fourth-order valence-electron chi connectivity index (χ4n) is 7.03. The van der Waals surface area contributed by atoms with Crippen molar-refractivity contribution in [2.75, 3.05) is 0 Å². The number of benzene rings is 4. The van der Waals surface area contributed by atoms with Crippen molar-refractivity contribution in [3.8, 4) is 11.1 Å². The summed E-state index contributed by atoms with van der Waals surface area (Å²) in [5.74, 6) is 0.460. The number of allylic oxidation sites excluding steroid dienone is 4. The Morgan fingerprint density at radius 3 is 1.69 bits per heavy atom. The van der Waals surface area contributed by atoms with Gasteiger partial charge in [0.15, 0.2) is 0 Å². The second-order valence-electron chi connectivity index (χ2n) is 14.8. The van der Waals surface area contributed by atoms with Gasteiger partial charge in [-0.3, -0.25) is 0 Å². The molecule has 0 radical (unpaired) electrons. The first kappa shape index (κ1) is 35.5. The molecule has 0 nitrogen and oxygen atoms in total. The number of rotatable bonds is 4. The van der Waals surface area contributed by atoms with Crippen LogP contribution in [0.25, 0.3) is 11.1 Å². The van der Waals surface area contributed by atoms with Gasteiger partial charge in [-0.25, -0.2) is 0 Å². The van der Waals surface area contributed by atoms with Crippen molar-refractivity contribution >= 4 is 6.48 Å². The van der Waals surface area contributed by atoms with Gasteiger partial charge >= 0.3 is 269 Å². The van der Waals surface area contributed by atoms with Crippen LogP contribution in [-0.4, -0.2) is 3.21 Å². The summed E-state index contributed by atoms with van der Waals surface area (Å²) in [6.07, 6.45) is 3.56. The van der Waals surface area contributed by atoms with Crippen LogP contribution in [0.15, 0.2) is 111 Å². The van der Waals surface area contributed by atoms with Crippen molar-refractivity contribution in [3.05, 3.63) is 145 Å². The molecule has 1 atom stereocenters. The molecule has 4 aromatic carbocycles. The summed E-state index contributed by atoms with van der Waals surface area (Å²) in [7, 11) is 0. The van der Waals surface area contributed by atoms with E-state index in [0.29, 0.717) is 5.92 Å². The molecule has 0 saturated carbocycles. The van der Waals surface area contributed by atoms with Crippen LogP contribution in [0.2, 0.25) is 0 Å². The van der Waals surface area contributed by atoms with Gasteiger partial charge in [0.1, 0.15) is 0 Å². The quantitative estimate of drug-likeness (QED) is 0.262. The van der Waals surface area contributed by atoms with Crippen molar-refractivity contribution in [2.45, 2.75) is 79.6 Å². The van der Waals surface area contributed by atoms with Gasteiger partial charge in [-0.05, 0) is 0 Å². The molecule has 2 aliphatic carbocycles. The third kappa shape index (κ3) is 6.74. The number of fused-ring (bicyclic) bond motifs is 3. The summed E-state index contributed by atoms with van der Waals surface area (Å²) in [5.41, 5.74) is 14.8. The zero-order valence-electron chi connectivity index (χ0n) is 28.3. The van der Waals surface area contributed by atoms with Crippen LogP contribution in [0, 0.1) is 5.92 Å². The van der Waals surface area contributed by atoms with Crippen molar-refractivity contribution in [1.82, 2.24) is 0 Å². The Bertz CT molecular complexity index is 1770. The van der Waals surface area contributed by atoms with E-state index in [1.807, 2.05) is 0 Å². The van der Waals surface area contributed by atoms with Gasteiger partial charge in [0.05, 0.1) is 0 Å². The largest absolute Gasteiger partial charge is 1.00 e. The standard InChI is InChI=1S/C21H25.C13H10.C8H11.2ClH.Zr/c1-20(2,3)16-9-7-14-11-15-8-10-17(21(4,5)6)13-19(15)18(14)12-16;1-3-7-12(8-4-1)11-13-9-5-2-6-10-13;1-6-4-7(2)8(3)5-6;;;/h7,9-10,12-13H,11H2,1-6H3;1-10H;4,6H,1-3H3;2*1H;/q;;;;;+2/p-2. The molecule has 0 aliphatic heterocycles. The number of hydrogen-bond acceptors (Lipinski definition) is 0. The molecule has 3 heteroatoms. The molecule has 0 fully saturated rings. The van der Waals surface area contributed by atoms with Gasteiger partial charge in [0, 0.05) is 0 Å². The van der Waals surface area contributed by atoms with Crippen LogP contribution >= 0.6 is 0 Å². The molecule has 0 spiro atoms. The van der Waals surface area contributed by atoms with E-state index in [9.17, 15) is 0 Å². The topological polar surface area (TPSA) is 0 Å². The van der Waals surface area contributed by atoms with Crippen LogP contribution in [0.3, 0.4) is 0 Å². The summed E-state index contributed by atoms with van der Waals surface area (Å²) in [4.78, 5) is 0. The van der Waals surface area contributed by atoms with Gasteiger partial charge in [-0.1, -0.05) is 0 Å². The van der Waals surface area contributed by atoms with Crippen LogP contribution in [0.1, 0.15) is 95.7 Å². The maximum Gasteiger partial charge on any atom is -1.00 e. The molecule has 2 aliphatic rings. The maximum absolute atomic E-state index is 2.81. The normalized spacial score (nSPS) is 15.3. The van der Waals surface area contributed by atoms with E-state index in [1.54, 1.807) is 15.3 Å². The summed E-state index contributed by atoms with van der Waals surface area (Å²) in [6, 6.07) is 35.2. The van der Waals surface area contributed by atoms with Crippen molar-refractivity contribution in [3.63, 3.8) is 0 Å². The Hall–Kier alpha value is -2.31. The van der Waals surface area contributed by atoms with Gasteiger partial charge < -0.3 is 24.8 Å². The predicted octanol–water partition coefficient (Wildman–Crippen LogP) is 4.24. The molecule has 0 aromatic heterocycles. The predicted molar refractivity (Wildman–Crippen MR) is 183 cm³/mol. The first-order valence-electron chi connectivity index (χ1n) is 15.9. The summed E-state index contributed by atoms with van der Waals surface area (Å²) >= 11 is -2.81. The van der Waals surface area contributed by atoms with Crippen LogP contribution in [-0.2, 0) is 38.5 Å². The fraction of sp³-hybridized carbons (Fsp3) is 0.310. The summed E-state index contributed by atoms with van der Waals surface area (Å²) in [6.45, 7) is 21.3. The SMILES string of the molecule is CC1=CC(C)[C]([Zr+2](=[C](c2ccccc2)c2ccccc2)[c]2cc(C(C)(C)C)cc3c2Cc2ccc(C(C)(C)C)cc2-3)=C1C.[Cl-].[Cl-]. The average Bonchev–Trinajstić information content (AvgIpc) is 3.46. The Balaban J connectivity index is 0.00000230. The minimum absolute atomic E-state index is 0. The molecule has 1 unspecified atom stereocenters. The van der Waals surface area contributed by atoms with Crippen molar-refractivity contribution in [1.29, 1.82) is 0 Å². The minimum atomic E-state index is -2.81. The van der Waals surface area contributed by atoms with E-state index in [1.165, 1.54) is 50.1 Å². The van der Waals surface area contributed by atoms with Crippen LogP contribution in [0.4, 0.5) is 0 Å². The molecule has 4 aromatic rings. The molecular formula is C42H46Cl2Zr. The molecule has 0 saturated heterocycles. The Morgan fingerprint density at radius 1 is 0.667 bits per heavy atom. The van der Waals surface area contributed by atoms with Crippen LogP contribution in [0.5, 0.6) is 0 Å². The zero-order chi connectivity index (χ0) is 30.7. The second-order valence-corrected chi connectivity index (χ2v) is 20.5. The maximum atomic E-state index is 2.66. The van der Waals surface area contributed by atoms with Gasteiger partial charge in [-0.15, -0.1) is 0 Å². The molecule has 45 heavy (non-hydrogen) atoms. The molecule has 232 valence electrons. The van der Waals surface area contributed by atoms with Crippen molar-refractivity contribution < 1.29 is 46.1 Å². The van der Waals surface area contributed by atoms with E-state index in [2.05, 4.69) is 159 Å². The van der Waals surface area contributed by atoms with E-state index in [4.69, 9.17) is 0 Å². The fourth-order valence-corrected chi connectivity index (χ4v) is 16.1. The van der Waals surface area contributed by atoms with E-state index in [0.717, 1.165) is 6.42 Å². The monoisotopic (exact) mass is 710 g/mol. The number of hydrogen-bond donors (Lipinski definition) is 0. The van der Waals surface area contributed by atoms with Crippen molar-refractivity contribution in [2.24, 2.45) is 5.92 Å². The molecule has 0 bridgehead atoms. The Labute approximate surface area is 292 Å². The van der Waals surface area contributed by atoms with Gasteiger partial charge in [0.25, 0.3) is 0 Å². The summed E-state index contributed by atoms with van der Waals surface area (Å²) in [5, 5.41) is 0. The van der Waals surface area contributed by atoms with Crippen LogP contribution < -0.4 is 28.1 Å². The Morgan fingerprint density at radius 2 is 1.20 bits per heavy atom. The smallest absolute Gasteiger partial charge is 1.00 e. The Kier molecular flexibility index (Phi) is 10.6. The summed E-state index contributed by atoms with van der Waals surface area (Å²) < 4.78 is 5.01. The average molecular weight is 713 g/mol.